The van der Waals surface area contributed by atoms with Crippen LogP contribution in [0, 0.1) is 5.82 Å². The fourth-order valence-corrected chi connectivity index (χ4v) is 13.1. The van der Waals surface area contributed by atoms with E-state index in [9.17, 15) is 85.7 Å². The molecule has 29 nitrogen and oxygen atoms in total. The maximum atomic E-state index is 14.7. The largest absolute Gasteiger partial charge is 0.497 e. The molecular formula is C75H110FN11O18S. The average Bonchev–Trinajstić information content (AvgIpc) is 1.49. The minimum Gasteiger partial charge on any atom is -0.497 e. The summed E-state index contributed by atoms with van der Waals surface area (Å²) in [5, 5.41) is 49.7. The van der Waals surface area contributed by atoms with Gasteiger partial charge in [0.1, 0.15) is 47.8 Å². The second kappa shape index (κ2) is 50.1. The third-order valence-corrected chi connectivity index (χ3v) is 19.4. The second-order valence-electron chi connectivity index (χ2n) is 26.6. The standard InChI is InChI=1S/C75H110FN11O18S/c1-3-4-5-6-7-8-9-10-11-12-13-14-15-16-17-18-20-33-64(88)78-43-26-24-32-58(70(77)97)82-65(89)34-21-19-25-44-79-71(98)59(39-41-67(91)92)84-74(101)62(47-52-49-80-57-31-23-22-30-56(52)57)86-73(100)61(46-51-28-27-29-53(76)45-51)83-66(90)50-81-72(99)60(40-42-68(93)94)85-75(102)63(48-69(95)96)87-106(103,104)55-37-35-54(105-2)36-38-55/h22-23,27-31,35-38,45,49,58-63,80,87H,3-21,24-26,32-34,39-44,46-48,50H2,1-2H3,(H2,77,97)(H,78,88)(H,79,98)(H,81,99)(H,82,89)(H,83,90)(H,84,101)(H,85,102)(H,86,100)(H,91,92)(H,93,94)(H,95,96). The Morgan fingerprint density at radius 1 is 0.481 bits per heavy atom. The zero-order valence-corrected chi connectivity index (χ0v) is 61.9. The summed E-state index contributed by atoms with van der Waals surface area (Å²) in [5.41, 5.74) is 6.92. The van der Waals surface area contributed by atoms with Crippen LogP contribution in [-0.4, -0.2) is 163 Å². The first-order valence-electron chi connectivity index (χ1n) is 37.0. The van der Waals surface area contributed by atoms with E-state index in [1.54, 1.807) is 30.5 Å². The highest BCUT2D eigenvalue weighted by Gasteiger charge is 2.34. The summed E-state index contributed by atoms with van der Waals surface area (Å²) in [6, 6.07) is 7.15. The summed E-state index contributed by atoms with van der Waals surface area (Å²) in [5.74, 6) is -12.4. The number of hydrogen-bond acceptors (Lipinski definition) is 15. The summed E-state index contributed by atoms with van der Waals surface area (Å²) < 4.78 is 48.2. The van der Waals surface area contributed by atoms with Gasteiger partial charge in [0.2, 0.25) is 63.2 Å². The summed E-state index contributed by atoms with van der Waals surface area (Å²) in [4.78, 5) is 160. The number of carboxylic acids is 3. The Morgan fingerprint density at radius 2 is 0.981 bits per heavy atom. The highest BCUT2D eigenvalue weighted by Crippen LogP contribution is 2.22. The van der Waals surface area contributed by atoms with Crippen LogP contribution in [0.4, 0.5) is 4.39 Å². The van der Waals surface area contributed by atoms with Gasteiger partial charge in [0.15, 0.2) is 0 Å². The average molecular weight is 1500 g/mol. The topological polar surface area (TPSA) is 459 Å². The third-order valence-electron chi connectivity index (χ3n) is 17.9. The van der Waals surface area contributed by atoms with E-state index in [0.29, 0.717) is 61.5 Å². The van der Waals surface area contributed by atoms with Crippen LogP contribution in [0.1, 0.15) is 211 Å². The summed E-state index contributed by atoms with van der Waals surface area (Å²) >= 11 is 0. The number of H-pyrrole nitrogens is 1. The predicted molar refractivity (Wildman–Crippen MR) is 394 cm³/mol. The van der Waals surface area contributed by atoms with E-state index < -0.39 is 167 Å². The van der Waals surface area contributed by atoms with Crippen molar-refractivity contribution in [2.24, 2.45) is 5.73 Å². The molecule has 4 aromatic rings. The number of sulfonamides is 1. The first-order valence-corrected chi connectivity index (χ1v) is 38.5. The SMILES string of the molecule is CCCCCCCCCCCCCCCCCCCC(=O)NCCCCC(NC(=O)CCCCCNC(=O)C(CCC(=O)O)NC(=O)C(Cc1c[nH]c2ccccc12)NC(=O)C(Cc1cccc(F)c1)NC(=O)CNC(=O)C(CCC(=O)O)NC(=O)C(CC(=O)O)NS(=O)(=O)c1ccc(OC)cc1)C(N)=O. The predicted octanol–water partition coefficient (Wildman–Crippen LogP) is 6.68. The number of carbonyl (C=O) groups excluding carboxylic acids is 9. The highest BCUT2D eigenvalue weighted by molar-refractivity contribution is 7.89. The Hall–Kier alpha value is -9.52. The molecule has 6 atom stereocenters. The van der Waals surface area contributed by atoms with Crippen LogP contribution in [0.5, 0.6) is 5.75 Å². The number of ether oxygens (including phenoxy) is 1. The van der Waals surface area contributed by atoms with Crippen molar-refractivity contribution in [1.29, 1.82) is 0 Å². The van der Waals surface area contributed by atoms with Crippen molar-refractivity contribution in [3.05, 3.63) is 95.9 Å². The number of aromatic amines is 1. The number of unbranched alkanes of at least 4 members (excludes halogenated alkanes) is 19. The minimum atomic E-state index is -4.60. The first-order chi connectivity index (χ1) is 50.8. The van der Waals surface area contributed by atoms with Crippen LogP contribution in [0.25, 0.3) is 10.9 Å². The van der Waals surface area contributed by atoms with Gasteiger partial charge >= 0.3 is 17.9 Å². The Bertz CT molecular complexity index is 3580. The molecule has 6 unspecified atom stereocenters. The quantitative estimate of drug-likeness (QED) is 0.0205. The van der Waals surface area contributed by atoms with Crippen LogP contribution in [0.15, 0.2) is 83.9 Å². The molecule has 0 aliphatic heterocycles. The lowest BCUT2D eigenvalue weighted by atomic mass is 10.0. The van der Waals surface area contributed by atoms with Crippen LogP contribution in [0.2, 0.25) is 0 Å². The fourth-order valence-electron chi connectivity index (χ4n) is 11.9. The molecule has 0 bridgehead atoms. The number of primary amides is 1. The number of amides is 9. The van der Waals surface area contributed by atoms with Gasteiger partial charge < -0.3 is 73.3 Å². The summed E-state index contributed by atoms with van der Waals surface area (Å²) in [6.45, 7) is 1.72. The number of fused-ring (bicyclic) bond motifs is 1. The van der Waals surface area contributed by atoms with Crippen molar-refractivity contribution >= 4 is 92.0 Å². The molecule has 0 fully saturated rings. The number of carboxylic acid groups (broad SMARTS) is 3. The molecule has 0 saturated carbocycles. The third kappa shape index (κ3) is 36.5. The molecule has 0 spiro atoms. The number of aromatic nitrogens is 1. The van der Waals surface area contributed by atoms with E-state index in [1.807, 2.05) is 4.72 Å². The number of para-hydroxylation sites is 1. The molecule has 31 heteroatoms. The smallest absolute Gasteiger partial charge is 0.305 e. The fraction of sp³-hybridized carbons (Fsp3) is 0.573. The molecule has 9 amide bonds. The molecule has 0 saturated heterocycles. The molecule has 3 aromatic carbocycles. The molecule has 0 radical (unpaired) electrons. The van der Waals surface area contributed by atoms with E-state index in [2.05, 4.69) is 54.4 Å². The van der Waals surface area contributed by atoms with E-state index in [1.165, 1.54) is 121 Å². The Morgan fingerprint density at radius 3 is 1.54 bits per heavy atom. The Balaban J connectivity index is 1.31. The van der Waals surface area contributed by atoms with E-state index in [-0.39, 0.29) is 43.0 Å². The second-order valence-corrected chi connectivity index (χ2v) is 28.3. The minimum absolute atomic E-state index is 0.0162. The van der Waals surface area contributed by atoms with Gasteiger partial charge in [0, 0.05) is 68.7 Å². The van der Waals surface area contributed by atoms with Gasteiger partial charge in [-0.15, -0.1) is 0 Å². The van der Waals surface area contributed by atoms with Gasteiger partial charge in [-0.25, -0.2) is 12.8 Å². The summed E-state index contributed by atoms with van der Waals surface area (Å²) in [7, 11) is -3.27. The van der Waals surface area contributed by atoms with E-state index in [0.717, 1.165) is 43.5 Å². The van der Waals surface area contributed by atoms with Crippen molar-refractivity contribution in [3.8, 4) is 5.75 Å². The summed E-state index contributed by atoms with van der Waals surface area (Å²) in [6.07, 6.45) is 21.7. The Labute approximate surface area is 619 Å². The number of aliphatic carboxylic acids is 3. The van der Waals surface area contributed by atoms with Crippen molar-refractivity contribution in [3.63, 3.8) is 0 Å². The van der Waals surface area contributed by atoms with Crippen LogP contribution in [0.3, 0.4) is 0 Å². The van der Waals surface area contributed by atoms with E-state index in [4.69, 9.17) is 10.5 Å². The number of methoxy groups -OCH3 is 1. The number of nitrogens with two attached hydrogens (primary N) is 1. The van der Waals surface area contributed by atoms with Crippen LogP contribution >= 0.6 is 0 Å². The van der Waals surface area contributed by atoms with Crippen LogP contribution in [-0.2, 0) is 80.4 Å². The van der Waals surface area contributed by atoms with Gasteiger partial charge in [-0.1, -0.05) is 146 Å². The van der Waals surface area contributed by atoms with Crippen LogP contribution < -0.4 is 57.7 Å². The highest BCUT2D eigenvalue weighted by atomic mass is 32.2. The Kier molecular flexibility index (Phi) is 42.0. The van der Waals surface area contributed by atoms with Gasteiger partial charge in [0.25, 0.3) is 0 Å². The number of carbonyl (C=O) groups is 12. The van der Waals surface area contributed by atoms with Gasteiger partial charge in [-0.2, -0.15) is 4.72 Å². The molecule has 1 aromatic heterocycles. The van der Waals surface area contributed by atoms with Gasteiger partial charge in [-0.05, 0) is 105 Å². The maximum Gasteiger partial charge on any atom is 0.305 e. The molecular weight excluding hydrogens is 1390 g/mol. The number of nitrogens with one attached hydrogen (secondary N) is 10. The molecule has 4 rings (SSSR count). The lowest BCUT2D eigenvalue weighted by molar-refractivity contribution is -0.140. The molecule has 1 heterocycles. The van der Waals surface area contributed by atoms with Crippen molar-refractivity contribution in [2.75, 3.05) is 26.7 Å². The number of rotatable bonds is 58. The lowest BCUT2D eigenvalue weighted by Gasteiger charge is -2.26. The van der Waals surface area contributed by atoms with Crippen molar-refractivity contribution in [1.82, 2.24) is 52.2 Å². The monoisotopic (exact) mass is 1500 g/mol. The molecule has 15 N–H and O–H groups in total. The molecule has 106 heavy (non-hydrogen) atoms. The number of halogens is 1. The molecule has 0 aliphatic carbocycles. The first kappa shape index (κ1) is 88.9. The van der Waals surface area contributed by atoms with Crippen molar-refractivity contribution in [2.45, 2.75) is 254 Å². The number of hydrogen-bond donors (Lipinski definition) is 14. The van der Waals surface area contributed by atoms with Crippen molar-refractivity contribution < 1.29 is 90.4 Å². The molecule has 0 aliphatic rings. The maximum absolute atomic E-state index is 14.7. The van der Waals surface area contributed by atoms with Gasteiger partial charge in [0.05, 0.1) is 25.0 Å². The normalized spacial score (nSPS) is 13.0. The van der Waals surface area contributed by atoms with E-state index >= 15 is 0 Å². The zero-order chi connectivity index (χ0) is 77.7. The lowest BCUT2D eigenvalue weighted by Crippen LogP contribution is -2.58. The number of benzene rings is 3. The molecule has 586 valence electrons. The van der Waals surface area contributed by atoms with Gasteiger partial charge in [-0.3, -0.25) is 57.5 Å². The zero-order valence-electron chi connectivity index (χ0n) is 61.0.